The first kappa shape index (κ1) is 11.5. The Kier molecular flexibility index (Phi) is 2.70. The van der Waals surface area contributed by atoms with Gasteiger partial charge in [-0.2, -0.15) is 0 Å². The lowest BCUT2D eigenvalue weighted by Gasteiger charge is -2.41. The van der Waals surface area contributed by atoms with Crippen LogP contribution in [0.15, 0.2) is 54.6 Å². The lowest BCUT2D eigenvalue weighted by Crippen LogP contribution is -2.39. The molecule has 0 saturated heterocycles. The Morgan fingerprint density at radius 2 is 1.56 bits per heavy atom. The molecule has 0 amide bonds. The molecule has 1 aliphatic rings. The molecule has 0 saturated carbocycles. The molecular formula is C15H13B2N. The molecule has 0 aliphatic carbocycles. The molecule has 0 unspecified atom stereocenters. The Bertz CT molecular complexity index is 551. The van der Waals surface area contributed by atoms with Crippen LogP contribution < -0.4 is 4.90 Å². The summed E-state index contributed by atoms with van der Waals surface area (Å²) >= 11 is 0. The zero-order valence-corrected chi connectivity index (χ0v) is 10.2. The third-order valence-electron chi connectivity index (χ3n) is 3.51. The first-order valence-corrected chi connectivity index (χ1v) is 6.18. The van der Waals surface area contributed by atoms with Crippen LogP contribution in [0.4, 0.5) is 11.4 Å². The van der Waals surface area contributed by atoms with E-state index in [1.165, 1.54) is 5.69 Å². The fraction of sp³-hybridized carbons (Fsp3) is 0.200. The molecule has 3 rings (SSSR count). The van der Waals surface area contributed by atoms with Crippen LogP contribution in [0.2, 0.25) is 0 Å². The van der Waals surface area contributed by atoms with Crippen LogP contribution in [0.1, 0.15) is 12.0 Å². The monoisotopic (exact) mass is 229 g/mol. The third kappa shape index (κ3) is 1.84. The number of fused-ring (bicyclic) bond motifs is 1. The van der Waals surface area contributed by atoms with Crippen LogP contribution in [-0.4, -0.2) is 22.2 Å². The second-order valence-electron chi connectivity index (χ2n) is 4.79. The van der Waals surface area contributed by atoms with E-state index in [4.69, 9.17) is 15.7 Å². The molecule has 0 fully saturated rings. The lowest BCUT2D eigenvalue weighted by molar-refractivity contribution is 0.692. The average Bonchev–Trinajstić information content (AvgIpc) is 2.40. The molecule has 4 radical (unpaired) electrons. The molecular weight excluding hydrogens is 216 g/mol. The Morgan fingerprint density at radius 1 is 0.889 bits per heavy atom. The van der Waals surface area contributed by atoms with Crippen LogP contribution in [-0.2, 0) is 5.21 Å². The quantitative estimate of drug-likeness (QED) is 0.679. The molecule has 84 valence electrons. The van der Waals surface area contributed by atoms with E-state index in [9.17, 15) is 0 Å². The van der Waals surface area contributed by atoms with E-state index in [2.05, 4.69) is 23.1 Å². The Hall–Kier alpha value is -1.63. The van der Waals surface area contributed by atoms with Crippen LogP contribution in [0.5, 0.6) is 0 Å². The second kappa shape index (κ2) is 4.24. The van der Waals surface area contributed by atoms with Crippen molar-refractivity contribution in [2.24, 2.45) is 0 Å². The van der Waals surface area contributed by atoms with Gasteiger partial charge in [0.2, 0.25) is 0 Å². The topological polar surface area (TPSA) is 3.24 Å². The molecule has 18 heavy (non-hydrogen) atoms. The first-order valence-electron chi connectivity index (χ1n) is 6.18. The zero-order chi connectivity index (χ0) is 12.6. The highest BCUT2D eigenvalue weighted by Crippen LogP contribution is 2.39. The van der Waals surface area contributed by atoms with E-state index >= 15 is 0 Å². The summed E-state index contributed by atoms with van der Waals surface area (Å²) in [6.45, 7) is 0.841. The summed E-state index contributed by atoms with van der Waals surface area (Å²) in [5.74, 6) is 0. The minimum Gasteiger partial charge on any atom is -0.341 e. The van der Waals surface area contributed by atoms with E-state index < -0.39 is 5.21 Å². The Labute approximate surface area is 111 Å². The summed E-state index contributed by atoms with van der Waals surface area (Å²) in [6, 6.07) is 18.4. The van der Waals surface area contributed by atoms with Crippen molar-refractivity contribution in [1.29, 1.82) is 0 Å². The summed E-state index contributed by atoms with van der Waals surface area (Å²) in [5.41, 5.74) is 3.31. The van der Waals surface area contributed by atoms with Crippen LogP contribution >= 0.6 is 0 Å². The summed E-state index contributed by atoms with van der Waals surface area (Å²) in [4.78, 5) is 2.27. The molecule has 0 N–H and O–H groups in total. The van der Waals surface area contributed by atoms with Crippen molar-refractivity contribution >= 4 is 27.1 Å². The van der Waals surface area contributed by atoms with Gasteiger partial charge in [0.05, 0.1) is 15.7 Å². The van der Waals surface area contributed by atoms with Crippen molar-refractivity contribution in [1.82, 2.24) is 0 Å². The summed E-state index contributed by atoms with van der Waals surface area (Å²) < 4.78 is 0. The fourth-order valence-electron chi connectivity index (χ4n) is 2.53. The van der Waals surface area contributed by atoms with Crippen molar-refractivity contribution in [2.45, 2.75) is 11.6 Å². The Balaban J connectivity index is 2.11. The van der Waals surface area contributed by atoms with Gasteiger partial charge in [-0.15, -0.1) is 0 Å². The highest BCUT2D eigenvalue weighted by Gasteiger charge is 2.30. The van der Waals surface area contributed by atoms with Crippen molar-refractivity contribution in [3.8, 4) is 0 Å². The number of rotatable bonds is 1. The zero-order valence-electron chi connectivity index (χ0n) is 10.2. The highest BCUT2D eigenvalue weighted by molar-refractivity contribution is 6.40. The van der Waals surface area contributed by atoms with Crippen molar-refractivity contribution in [3.63, 3.8) is 0 Å². The van der Waals surface area contributed by atoms with E-state index in [0.717, 1.165) is 24.2 Å². The van der Waals surface area contributed by atoms with Gasteiger partial charge in [0.25, 0.3) is 0 Å². The molecule has 0 spiro atoms. The minimum absolute atomic E-state index is 0.720. The van der Waals surface area contributed by atoms with Crippen molar-refractivity contribution < 1.29 is 0 Å². The number of para-hydroxylation sites is 2. The van der Waals surface area contributed by atoms with Crippen LogP contribution in [0, 0.1) is 0 Å². The average molecular weight is 229 g/mol. The number of hydrogen-bond donors (Lipinski definition) is 0. The first-order chi connectivity index (χ1) is 8.68. The number of benzene rings is 2. The normalized spacial score (nSPS) is 17.2. The molecule has 2 aromatic carbocycles. The standard InChI is InChI=1S/C15H13B2N/c16-15(17)10-11-18(12-6-2-1-3-7-12)14-9-5-4-8-13(14)15/h1-9H,10-11H2. The van der Waals surface area contributed by atoms with Gasteiger partial charge in [-0.3, -0.25) is 0 Å². The molecule has 2 aromatic rings. The largest absolute Gasteiger partial charge is 0.341 e. The maximum atomic E-state index is 6.18. The van der Waals surface area contributed by atoms with E-state index in [1.54, 1.807) is 0 Å². The van der Waals surface area contributed by atoms with Gasteiger partial charge in [-0.1, -0.05) is 41.6 Å². The maximum absolute atomic E-state index is 6.18. The summed E-state index contributed by atoms with van der Waals surface area (Å²) in [5, 5.41) is -0.720. The number of anilines is 2. The van der Waals surface area contributed by atoms with Gasteiger partial charge in [0, 0.05) is 17.9 Å². The van der Waals surface area contributed by atoms with Gasteiger partial charge < -0.3 is 4.90 Å². The van der Waals surface area contributed by atoms with Gasteiger partial charge in [-0.05, 0) is 30.2 Å². The van der Waals surface area contributed by atoms with E-state index in [1.807, 2.05) is 36.4 Å². The second-order valence-corrected chi connectivity index (χ2v) is 4.79. The fourth-order valence-corrected chi connectivity index (χ4v) is 2.53. The molecule has 1 aliphatic heterocycles. The molecule has 0 bridgehead atoms. The van der Waals surface area contributed by atoms with Crippen LogP contribution in [0.3, 0.4) is 0 Å². The maximum Gasteiger partial charge on any atom is 0.0684 e. The summed E-state index contributed by atoms with van der Waals surface area (Å²) in [7, 11) is 12.4. The summed E-state index contributed by atoms with van der Waals surface area (Å²) in [6.07, 6.45) is 0.749. The van der Waals surface area contributed by atoms with Gasteiger partial charge in [-0.25, -0.2) is 0 Å². The van der Waals surface area contributed by atoms with Crippen molar-refractivity contribution in [3.05, 3.63) is 60.2 Å². The number of hydrogen-bond acceptors (Lipinski definition) is 1. The van der Waals surface area contributed by atoms with Gasteiger partial charge in [0.15, 0.2) is 0 Å². The predicted molar refractivity (Wildman–Crippen MR) is 77.7 cm³/mol. The molecule has 0 aromatic heterocycles. The molecule has 3 heteroatoms. The SMILES string of the molecule is [B]C1([B])CCN(c2ccccc2)c2ccccc21. The van der Waals surface area contributed by atoms with Crippen LogP contribution in [0.25, 0.3) is 0 Å². The van der Waals surface area contributed by atoms with E-state index in [-0.39, 0.29) is 0 Å². The molecule has 1 nitrogen and oxygen atoms in total. The Morgan fingerprint density at radius 3 is 2.33 bits per heavy atom. The van der Waals surface area contributed by atoms with Gasteiger partial charge in [0.1, 0.15) is 0 Å². The predicted octanol–water partition coefficient (Wildman–Crippen LogP) is 2.72. The highest BCUT2D eigenvalue weighted by atomic mass is 15.1. The van der Waals surface area contributed by atoms with Gasteiger partial charge >= 0.3 is 0 Å². The molecule has 0 atom stereocenters. The van der Waals surface area contributed by atoms with Crippen molar-refractivity contribution in [2.75, 3.05) is 11.4 Å². The smallest absolute Gasteiger partial charge is 0.0684 e. The lowest BCUT2D eigenvalue weighted by atomic mass is 9.48. The minimum atomic E-state index is -0.720. The third-order valence-corrected chi connectivity index (χ3v) is 3.51. The number of nitrogens with zero attached hydrogens (tertiary/aromatic N) is 1. The van der Waals surface area contributed by atoms with E-state index in [0.29, 0.717) is 0 Å². The molecule has 1 heterocycles.